The minimum atomic E-state index is -0.351. The van der Waals surface area contributed by atoms with E-state index in [0.29, 0.717) is 5.56 Å². The molecule has 0 heterocycles. The van der Waals surface area contributed by atoms with E-state index in [1.807, 2.05) is 0 Å². The number of hydrogen-bond donors (Lipinski definition) is 1. The van der Waals surface area contributed by atoms with Gasteiger partial charge in [-0.05, 0) is 24.3 Å². The maximum Gasteiger partial charge on any atom is 0.175 e. The lowest BCUT2D eigenvalue weighted by atomic mass is 10.2. The maximum absolute atomic E-state index is 12.3. The first-order valence-corrected chi connectivity index (χ1v) is 3.25. The normalized spacial score (nSPS) is 11.6. The molecule has 0 atom stereocenters. The van der Waals surface area contributed by atoms with Crippen LogP contribution in [0.15, 0.2) is 29.4 Å². The molecule has 0 aromatic heterocycles. The van der Waals surface area contributed by atoms with Gasteiger partial charge in [0.05, 0.1) is 0 Å². The fourth-order valence-electron chi connectivity index (χ4n) is 0.645. The summed E-state index contributed by atoms with van der Waals surface area (Å²) in [6.07, 6.45) is 0. The predicted molar refractivity (Wildman–Crippen MR) is 40.6 cm³/mol. The average molecular weight is 174 g/mol. The molecule has 0 aliphatic heterocycles. The second-order valence-corrected chi connectivity index (χ2v) is 2.26. The zero-order valence-electron chi connectivity index (χ0n) is 5.46. The maximum atomic E-state index is 12.3. The monoisotopic (exact) mass is 173 g/mol. The van der Waals surface area contributed by atoms with E-state index in [2.05, 4.69) is 5.16 Å². The molecule has 1 aromatic carbocycles. The number of oxime groups is 1. The van der Waals surface area contributed by atoms with E-state index in [9.17, 15) is 4.39 Å². The molecule has 0 saturated heterocycles. The highest BCUT2D eigenvalue weighted by atomic mass is 35.5. The van der Waals surface area contributed by atoms with Crippen molar-refractivity contribution in [1.82, 2.24) is 0 Å². The van der Waals surface area contributed by atoms with Crippen LogP contribution in [-0.4, -0.2) is 10.4 Å². The predicted octanol–water partition coefficient (Wildman–Crippen LogP) is 2.20. The molecule has 1 rings (SSSR count). The van der Waals surface area contributed by atoms with Gasteiger partial charge in [0.15, 0.2) is 5.17 Å². The van der Waals surface area contributed by atoms with Crippen LogP contribution in [0.1, 0.15) is 5.56 Å². The lowest BCUT2D eigenvalue weighted by Gasteiger charge is -1.93. The highest BCUT2D eigenvalue weighted by Crippen LogP contribution is 2.06. The van der Waals surface area contributed by atoms with Crippen LogP contribution in [0.5, 0.6) is 0 Å². The minimum Gasteiger partial charge on any atom is -0.410 e. The Hall–Kier alpha value is -1.09. The van der Waals surface area contributed by atoms with Crippen LogP contribution < -0.4 is 0 Å². The van der Waals surface area contributed by atoms with E-state index < -0.39 is 0 Å². The number of halogens is 2. The van der Waals surface area contributed by atoms with E-state index in [-0.39, 0.29) is 11.0 Å². The van der Waals surface area contributed by atoms with E-state index in [1.165, 1.54) is 24.3 Å². The first-order chi connectivity index (χ1) is 5.24. The first kappa shape index (κ1) is 8.01. The van der Waals surface area contributed by atoms with Crippen molar-refractivity contribution in [3.05, 3.63) is 35.6 Å². The van der Waals surface area contributed by atoms with Crippen LogP contribution in [0.4, 0.5) is 4.39 Å². The molecule has 1 aromatic rings. The molecule has 0 radical (unpaired) electrons. The van der Waals surface area contributed by atoms with E-state index in [0.717, 1.165) is 0 Å². The molecule has 0 aliphatic rings. The van der Waals surface area contributed by atoms with Gasteiger partial charge in [-0.15, -0.1) is 0 Å². The van der Waals surface area contributed by atoms with Gasteiger partial charge < -0.3 is 5.21 Å². The highest BCUT2D eigenvalue weighted by molar-refractivity contribution is 6.69. The molecule has 0 unspecified atom stereocenters. The molecule has 58 valence electrons. The van der Waals surface area contributed by atoms with Gasteiger partial charge in [-0.3, -0.25) is 0 Å². The highest BCUT2D eigenvalue weighted by Gasteiger charge is 1.98. The van der Waals surface area contributed by atoms with Crippen LogP contribution in [0.2, 0.25) is 0 Å². The second-order valence-electron chi connectivity index (χ2n) is 1.90. The van der Waals surface area contributed by atoms with Crippen LogP contribution in [0, 0.1) is 5.82 Å². The fourth-order valence-corrected chi connectivity index (χ4v) is 0.771. The molecule has 0 bridgehead atoms. The lowest BCUT2D eigenvalue weighted by Crippen LogP contribution is -1.89. The Balaban J connectivity index is 2.99. The molecular formula is C7H5ClFNO. The topological polar surface area (TPSA) is 32.6 Å². The van der Waals surface area contributed by atoms with Crippen LogP contribution in [0.3, 0.4) is 0 Å². The number of nitrogens with zero attached hydrogens (tertiary/aromatic N) is 1. The van der Waals surface area contributed by atoms with Crippen LogP contribution >= 0.6 is 11.6 Å². The molecule has 2 nitrogen and oxygen atoms in total. The van der Waals surface area contributed by atoms with E-state index >= 15 is 0 Å². The van der Waals surface area contributed by atoms with Crippen LogP contribution in [-0.2, 0) is 0 Å². The molecular weight excluding hydrogens is 169 g/mol. The summed E-state index contributed by atoms with van der Waals surface area (Å²) >= 11 is 5.42. The Labute approximate surface area is 67.9 Å². The third-order valence-corrected chi connectivity index (χ3v) is 1.46. The molecule has 4 heteroatoms. The molecule has 0 fully saturated rings. The van der Waals surface area contributed by atoms with Crippen molar-refractivity contribution in [1.29, 1.82) is 0 Å². The number of hydrogen-bond acceptors (Lipinski definition) is 2. The Kier molecular flexibility index (Phi) is 2.44. The van der Waals surface area contributed by atoms with Gasteiger partial charge in [-0.25, -0.2) is 4.39 Å². The third-order valence-electron chi connectivity index (χ3n) is 1.17. The van der Waals surface area contributed by atoms with Gasteiger partial charge in [-0.1, -0.05) is 16.8 Å². The van der Waals surface area contributed by atoms with Crippen molar-refractivity contribution < 1.29 is 9.60 Å². The average Bonchev–Trinajstić information content (AvgIpc) is 2.05. The third kappa shape index (κ3) is 1.91. The summed E-state index contributed by atoms with van der Waals surface area (Å²) in [6, 6.07) is 5.33. The molecule has 0 amide bonds. The van der Waals surface area contributed by atoms with Gasteiger partial charge in [0, 0.05) is 5.56 Å². The standard InChI is InChI=1S/C7H5ClFNO/c8-7(10-11)5-1-3-6(9)4-2-5/h1-4,11H/b10-7-. The van der Waals surface area contributed by atoms with E-state index in [4.69, 9.17) is 16.8 Å². The number of benzene rings is 1. The molecule has 0 aliphatic carbocycles. The van der Waals surface area contributed by atoms with Crippen molar-refractivity contribution in [2.75, 3.05) is 0 Å². The van der Waals surface area contributed by atoms with Gasteiger partial charge in [0.25, 0.3) is 0 Å². The quantitative estimate of drug-likeness (QED) is 0.394. The largest absolute Gasteiger partial charge is 0.410 e. The molecule has 0 saturated carbocycles. The first-order valence-electron chi connectivity index (χ1n) is 2.87. The van der Waals surface area contributed by atoms with Crippen molar-refractivity contribution in [2.45, 2.75) is 0 Å². The van der Waals surface area contributed by atoms with Crippen molar-refractivity contribution in [3.8, 4) is 0 Å². The summed E-state index contributed by atoms with van der Waals surface area (Å²) in [5, 5.41) is 10.9. The second kappa shape index (κ2) is 3.34. The van der Waals surface area contributed by atoms with Gasteiger partial charge in [0.2, 0.25) is 0 Å². The molecule has 0 spiro atoms. The van der Waals surface area contributed by atoms with E-state index in [1.54, 1.807) is 0 Å². The fraction of sp³-hybridized carbons (Fsp3) is 0. The smallest absolute Gasteiger partial charge is 0.175 e. The van der Waals surface area contributed by atoms with Gasteiger partial charge >= 0.3 is 0 Å². The van der Waals surface area contributed by atoms with Crippen LogP contribution in [0.25, 0.3) is 0 Å². The Bertz CT molecular complexity index is 270. The number of rotatable bonds is 1. The van der Waals surface area contributed by atoms with Crippen molar-refractivity contribution >= 4 is 16.8 Å². The summed E-state index contributed by atoms with van der Waals surface area (Å²) in [6.45, 7) is 0. The summed E-state index contributed by atoms with van der Waals surface area (Å²) in [5.74, 6) is -0.351. The zero-order valence-corrected chi connectivity index (χ0v) is 6.22. The lowest BCUT2D eigenvalue weighted by molar-refractivity contribution is 0.321. The summed E-state index contributed by atoms with van der Waals surface area (Å²) in [7, 11) is 0. The Morgan fingerprint density at radius 1 is 1.36 bits per heavy atom. The SMILES string of the molecule is O/N=C(\Cl)c1ccc(F)cc1. The van der Waals surface area contributed by atoms with Crippen molar-refractivity contribution in [3.63, 3.8) is 0 Å². The Morgan fingerprint density at radius 3 is 2.36 bits per heavy atom. The zero-order chi connectivity index (χ0) is 8.27. The van der Waals surface area contributed by atoms with Gasteiger partial charge in [0.1, 0.15) is 5.82 Å². The molecule has 1 N–H and O–H groups in total. The summed E-state index contributed by atoms with van der Waals surface area (Å²) in [5.41, 5.74) is 0.482. The summed E-state index contributed by atoms with van der Waals surface area (Å²) < 4.78 is 12.3. The van der Waals surface area contributed by atoms with Crippen molar-refractivity contribution in [2.24, 2.45) is 5.16 Å². The Morgan fingerprint density at radius 2 is 1.91 bits per heavy atom. The summed E-state index contributed by atoms with van der Waals surface area (Å²) in [4.78, 5) is 0. The minimum absolute atomic E-state index is 0.0509. The van der Waals surface area contributed by atoms with Gasteiger partial charge in [-0.2, -0.15) is 0 Å². The molecule has 11 heavy (non-hydrogen) atoms.